The summed E-state index contributed by atoms with van der Waals surface area (Å²) in [6.07, 6.45) is 2.20. The highest BCUT2D eigenvalue weighted by molar-refractivity contribution is 5.90. The van der Waals surface area contributed by atoms with E-state index in [1.54, 1.807) is 6.07 Å². The zero-order chi connectivity index (χ0) is 11.5. The number of benzene rings is 1. The van der Waals surface area contributed by atoms with Gasteiger partial charge in [0.25, 0.3) is 0 Å². The van der Waals surface area contributed by atoms with Gasteiger partial charge in [0, 0.05) is 24.5 Å². The zero-order valence-electron chi connectivity index (χ0n) is 9.49. The molecule has 0 atom stereocenters. The maximum atomic E-state index is 11.8. The van der Waals surface area contributed by atoms with Crippen LogP contribution in [0.15, 0.2) is 18.2 Å². The summed E-state index contributed by atoms with van der Waals surface area (Å²) in [7, 11) is 0. The third-order valence-corrected chi connectivity index (χ3v) is 2.92. The molecule has 1 aliphatic heterocycles. The summed E-state index contributed by atoms with van der Waals surface area (Å²) in [4.78, 5) is 13.6. The van der Waals surface area contributed by atoms with Gasteiger partial charge in [0.15, 0.2) is 0 Å². The smallest absolute Gasteiger partial charge is 0.321 e. The summed E-state index contributed by atoms with van der Waals surface area (Å²) in [5.41, 5.74) is 8.28. The Morgan fingerprint density at radius 1 is 1.38 bits per heavy atom. The van der Waals surface area contributed by atoms with Crippen LogP contribution >= 0.6 is 0 Å². The highest BCUT2D eigenvalue weighted by Gasteiger charge is 2.17. The summed E-state index contributed by atoms with van der Waals surface area (Å²) in [5, 5.41) is 2.86. The molecule has 1 heterocycles. The maximum absolute atomic E-state index is 11.8. The van der Waals surface area contributed by atoms with Crippen LogP contribution in [0.3, 0.4) is 0 Å². The van der Waals surface area contributed by atoms with Crippen LogP contribution in [0.5, 0.6) is 0 Å². The van der Waals surface area contributed by atoms with Gasteiger partial charge in [-0.15, -0.1) is 0 Å². The molecule has 0 aliphatic carbocycles. The van der Waals surface area contributed by atoms with E-state index in [4.69, 9.17) is 5.73 Å². The van der Waals surface area contributed by atoms with E-state index in [2.05, 4.69) is 5.32 Å². The van der Waals surface area contributed by atoms with Gasteiger partial charge >= 0.3 is 6.03 Å². The molecule has 1 aliphatic rings. The standard InChI is InChI=1S/C12H17N3O/c1-9-4-5-10(8-11(9)13)14-12(16)15-6-2-3-7-15/h4-5,8H,2-3,6-7,13H2,1H3,(H,14,16). The van der Waals surface area contributed by atoms with E-state index in [1.807, 2.05) is 24.0 Å². The van der Waals surface area contributed by atoms with Gasteiger partial charge in [0.1, 0.15) is 0 Å². The first kappa shape index (κ1) is 10.8. The molecule has 86 valence electrons. The number of carbonyl (C=O) groups is 1. The minimum Gasteiger partial charge on any atom is -0.398 e. The molecule has 1 saturated heterocycles. The van der Waals surface area contributed by atoms with Gasteiger partial charge in [-0.05, 0) is 37.5 Å². The molecule has 0 spiro atoms. The minimum atomic E-state index is -0.0271. The number of nitrogens with one attached hydrogen (secondary N) is 1. The van der Waals surface area contributed by atoms with Crippen molar-refractivity contribution in [1.82, 2.24) is 4.90 Å². The number of likely N-dealkylation sites (tertiary alicyclic amines) is 1. The third-order valence-electron chi connectivity index (χ3n) is 2.92. The lowest BCUT2D eigenvalue weighted by Gasteiger charge is -2.16. The number of anilines is 2. The molecular weight excluding hydrogens is 202 g/mol. The van der Waals surface area contributed by atoms with Gasteiger partial charge in [0.2, 0.25) is 0 Å². The molecule has 4 nitrogen and oxygen atoms in total. The molecule has 0 radical (unpaired) electrons. The fraction of sp³-hybridized carbons (Fsp3) is 0.417. The van der Waals surface area contributed by atoms with Crippen molar-refractivity contribution >= 4 is 17.4 Å². The third kappa shape index (κ3) is 2.27. The summed E-state index contributed by atoms with van der Waals surface area (Å²) in [6.45, 7) is 3.65. The Kier molecular flexibility index (Phi) is 2.99. The molecule has 16 heavy (non-hydrogen) atoms. The maximum Gasteiger partial charge on any atom is 0.321 e. The monoisotopic (exact) mass is 219 g/mol. The second kappa shape index (κ2) is 4.43. The van der Waals surface area contributed by atoms with Crippen molar-refractivity contribution < 1.29 is 4.79 Å². The number of rotatable bonds is 1. The second-order valence-corrected chi connectivity index (χ2v) is 4.20. The van der Waals surface area contributed by atoms with Crippen molar-refractivity contribution in [2.75, 3.05) is 24.1 Å². The lowest BCUT2D eigenvalue weighted by atomic mass is 10.2. The highest BCUT2D eigenvalue weighted by Crippen LogP contribution is 2.18. The number of nitrogen functional groups attached to an aromatic ring is 1. The van der Waals surface area contributed by atoms with Crippen molar-refractivity contribution in [2.45, 2.75) is 19.8 Å². The van der Waals surface area contributed by atoms with Gasteiger partial charge in [-0.1, -0.05) is 6.07 Å². The van der Waals surface area contributed by atoms with Crippen LogP contribution in [0.1, 0.15) is 18.4 Å². The van der Waals surface area contributed by atoms with Gasteiger partial charge in [-0.25, -0.2) is 4.79 Å². The Hall–Kier alpha value is -1.71. The fourth-order valence-electron chi connectivity index (χ4n) is 1.84. The number of urea groups is 1. The normalized spacial score (nSPS) is 15.2. The first-order valence-electron chi connectivity index (χ1n) is 5.59. The van der Waals surface area contributed by atoms with Crippen molar-refractivity contribution in [3.8, 4) is 0 Å². The first-order chi connectivity index (χ1) is 7.66. The fourth-order valence-corrected chi connectivity index (χ4v) is 1.84. The van der Waals surface area contributed by atoms with E-state index in [-0.39, 0.29) is 6.03 Å². The molecule has 1 fully saturated rings. The summed E-state index contributed by atoms with van der Waals surface area (Å²) < 4.78 is 0. The quantitative estimate of drug-likeness (QED) is 0.711. The van der Waals surface area contributed by atoms with Crippen LogP contribution in [-0.4, -0.2) is 24.0 Å². The number of carbonyl (C=O) groups excluding carboxylic acids is 1. The molecule has 2 amide bonds. The first-order valence-corrected chi connectivity index (χ1v) is 5.59. The van der Waals surface area contributed by atoms with E-state index in [1.165, 1.54) is 0 Å². The number of hydrogen-bond acceptors (Lipinski definition) is 2. The van der Waals surface area contributed by atoms with Gasteiger partial charge in [-0.3, -0.25) is 0 Å². The van der Waals surface area contributed by atoms with Crippen molar-refractivity contribution in [3.05, 3.63) is 23.8 Å². The number of hydrogen-bond donors (Lipinski definition) is 2. The summed E-state index contributed by atoms with van der Waals surface area (Å²) >= 11 is 0. The summed E-state index contributed by atoms with van der Waals surface area (Å²) in [5.74, 6) is 0. The Morgan fingerprint density at radius 2 is 2.06 bits per heavy atom. The van der Waals surface area contributed by atoms with Crippen LogP contribution in [0, 0.1) is 6.92 Å². The van der Waals surface area contributed by atoms with Crippen LogP contribution in [0.25, 0.3) is 0 Å². The molecular formula is C12H17N3O. The van der Waals surface area contributed by atoms with E-state index in [0.29, 0.717) is 5.69 Å². The Balaban J connectivity index is 2.02. The molecule has 1 aromatic carbocycles. The number of nitrogens with two attached hydrogens (primary N) is 1. The van der Waals surface area contributed by atoms with Gasteiger partial charge in [-0.2, -0.15) is 0 Å². The van der Waals surface area contributed by atoms with Crippen LogP contribution in [-0.2, 0) is 0 Å². The lowest BCUT2D eigenvalue weighted by molar-refractivity contribution is 0.222. The molecule has 0 bridgehead atoms. The van der Waals surface area contributed by atoms with E-state index < -0.39 is 0 Å². The van der Waals surface area contributed by atoms with E-state index in [0.717, 1.165) is 37.2 Å². The molecule has 4 heteroatoms. The molecule has 0 aromatic heterocycles. The number of nitrogens with zero attached hydrogens (tertiary/aromatic N) is 1. The predicted octanol–water partition coefficient (Wildman–Crippen LogP) is 2.20. The van der Waals surface area contributed by atoms with Crippen molar-refractivity contribution in [1.29, 1.82) is 0 Å². The van der Waals surface area contributed by atoms with E-state index >= 15 is 0 Å². The van der Waals surface area contributed by atoms with Crippen LogP contribution in [0.4, 0.5) is 16.2 Å². The molecule has 0 saturated carbocycles. The Labute approximate surface area is 95.4 Å². The average Bonchev–Trinajstić information content (AvgIpc) is 2.77. The van der Waals surface area contributed by atoms with Crippen LogP contribution in [0.2, 0.25) is 0 Å². The predicted molar refractivity (Wildman–Crippen MR) is 65.4 cm³/mol. The van der Waals surface area contributed by atoms with Crippen molar-refractivity contribution in [3.63, 3.8) is 0 Å². The van der Waals surface area contributed by atoms with E-state index in [9.17, 15) is 4.79 Å². The minimum absolute atomic E-state index is 0.0271. The van der Waals surface area contributed by atoms with Crippen molar-refractivity contribution in [2.24, 2.45) is 0 Å². The van der Waals surface area contributed by atoms with Crippen LogP contribution < -0.4 is 11.1 Å². The largest absolute Gasteiger partial charge is 0.398 e. The molecule has 1 aromatic rings. The second-order valence-electron chi connectivity index (χ2n) is 4.20. The Morgan fingerprint density at radius 3 is 2.69 bits per heavy atom. The Bertz CT molecular complexity index is 397. The molecule has 0 unspecified atom stereocenters. The SMILES string of the molecule is Cc1ccc(NC(=O)N2CCCC2)cc1N. The average molecular weight is 219 g/mol. The number of amides is 2. The number of aryl methyl sites for hydroxylation is 1. The topological polar surface area (TPSA) is 58.4 Å². The molecule has 3 N–H and O–H groups in total. The zero-order valence-corrected chi connectivity index (χ0v) is 9.49. The molecule has 2 rings (SSSR count). The lowest BCUT2D eigenvalue weighted by Crippen LogP contribution is -2.32. The van der Waals surface area contributed by atoms with Gasteiger partial charge < -0.3 is 16.0 Å². The summed E-state index contributed by atoms with van der Waals surface area (Å²) in [6, 6.07) is 5.55. The van der Waals surface area contributed by atoms with Gasteiger partial charge in [0.05, 0.1) is 0 Å². The highest BCUT2D eigenvalue weighted by atomic mass is 16.2.